The van der Waals surface area contributed by atoms with Crippen molar-refractivity contribution in [1.29, 1.82) is 0 Å². The summed E-state index contributed by atoms with van der Waals surface area (Å²) < 4.78 is 25.3. The highest BCUT2D eigenvalue weighted by molar-refractivity contribution is 7.99. The quantitative estimate of drug-likeness (QED) is 0.593. The van der Waals surface area contributed by atoms with E-state index in [0.717, 1.165) is 15.4 Å². The van der Waals surface area contributed by atoms with Crippen LogP contribution in [0.5, 0.6) is 0 Å². The molecule has 122 valence electrons. The van der Waals surface area contributed by atoms with Gasteiger partial charge in [-0.05, 0) is 67.6 Å². The fraction of sp³-hybridized carbons (Fsp3) is 0.0526. The maximum Gasteiger partial charge on any atom is 0.206 e. The highest BCUT2D eigenvalue weighted by Gasteiger charge is 2.17. The Labute approximate surface area is 151 Å². The Kier molecular flexibility index (Phi) is 4.99. The molecule has 3 aromatic rings. The van der Waals surface area contributed by atoms with Crippen LogP contribution in [0.25, 0.3) is 0 Å². The molecule has 0 bridgehead atoms. The lowest BCUT2D eigenvalue weighted by Crippen LogP contribution is -2.01. The predicted molar refractivity (Wildman–Crippen MR) is 98.6 cm³/mol. The van der Waals surface area contributed by atoms with Crippen LogP contribution in [0, 0.1) is 6.92 Å². The molecule has 3 aromatic carbocycles. The topological polar surface area (TPSA) is 34.1 Å². The van der Waals surface area contributed by atoms with Crippen molar-refractivity contribution < 1.29 is 8.42 Å². The average molecular weight is 375 g/mol. The maximum atomic E-state index is 12.6. The van der Waals surface area contributed by atoms with E-state index in [1.807, 2.05) is 43.3 Å². The standard InChI is InChI=1S/C19H15ClO2S2/c1-14-2-10-18(11-3-14)24(21,22)19-12-8-17(9-13-19)23-16-6-4-15(20)5-7-16/h2-13H,1H3. The van der Waals surface area contributed by atoms with Crippen LogP contribution >= 0.6 is 23.4 Å². The summed E-state index contributed by atoms with van der Waals surface area (Å²) >= 11 is 7.44. The van der Waals surface area contributed by atoms with Gasteiger partial charge in [0.1, 0.15) is 0 Å². The smallest absolute Gasteiger partial charge is 0.206 e. The molecule has 0 amide bonds. The van der Waals surface area contributed by atoms with Crippen LogP contribution in [0.1, 0.15) is 5.56 Å². The summed E-state index contributed by atoms with van der Waals surface area (Å²) in [5, 5.41) is 0.693. The van der Waals surface area contributed by atoms with E-state index in [1.165, 1.54) is 0 Å². The van der Waals surface area contributed by atoms with Gasteiger partial charge in [0, 0.05) is 14.8 Å². The van der Waals surface area contributed by atoms with Gasteiger partial charge in [-0.25, -0.2) is 8.42 Å². The van der Waals surface area contributed by atoms with Crippen molar-refractivity contribution in [1.82, 2.24) is 0 Å². The highest BCUT2D eigenvalue weighted by atomic mass is 35.5. The zero-order chi connectivity index (χ0) is 17.2. The minimum Gasteiger partial charge on any atom is -0.219 e. The summed E-state index contributed by atoms with van der Waals surface area (Å²) in [5.41, 5.74) is 1.03. The molecule has 3 rings (SSSR count). The summed E-state index contributed by atoms with van der Waals surface area (Å²) in [6.45, 7) is 1.93. The largest absolute Gasteiger partial charge is 0.219 e. The van der Waals surface area contributed by atoms with Gasteiger partial charge in [-0.15, -0.1) is 0 Å². The van der Waals surface area contributed by atoms with Crippen LogP contribution < -0.4 is 0 Å². The van der Waals surface area contributed by atoms with Gasteiger partial charge in [0.2, 0.25) is 9.84 Å². The molecule has 24 heavy (non-hydrogen) atoms. The van der Waals surface area contributed by atoms with Crippen LogP contribution in [0.2, 0.25) is 5.02 Å². The Balaban J connectivity index is 1.83. The molecule has 5 heteroatoms. The maximum absolute atomic E-state index is 12.6. The Hall–Kier alpha value is -1.75. The molecule has 0 radical (unpaired) electrons. The normalized spacial score (nSPS) is 11.4. The fourth-order valence-electron chi connectivity index (χ4n) is 2.18. The second-order valence-electron chi connectivity index (χ2n) is 5.34. The molecular formula is C19H15ClO2S2. The lowest BCUT2D eigenvalue weighted by atomic mass is 10.2. The van der Waals surface area contributed by atoms with Gasteiger partial charge in [0.15, 0.2) is 0 Å². The van der Waals surface area contributed by atoms with Gasteiger partial charge >= 0.3 is 0 Å². The molecule has 0 aliphatic heterocycles. The first kappa shape index (κ1) is 17.1. The number of sulfone groups is 1. The van der Waals surface area contributed by atoms with E-state index < -0.39 is 9.84 Å². The van der Waals surface area contributed by atoms with Crippen LogP contribution in [0.3, 0.4) is 0 Å². The average Bonchev–Trinajstić information content (AvgIpc) is 2.58. The number of hydrogen-bond donors (Lipinski definition) is 0. The van der Waals surface area contributed by atoms with E-state index in [-0.39, 0.29) is 0 Å². The van der Waals surface area contributed by atoms with Crippen molar-refractivity contribution >= 4 is 33.2 Å². The Morgan fingerprint density at radius 3 is 1.62 bits per heavy atom. The van der Waals surface area contributed by atoms with Crippen molar-refractivity contribution in [3.8, 4) is 0 Å². The van der Waals surface area contributed by atoms with Crippen molar-refractivity contribution in [2.45, 2.75) is 26.5 Å². The van der Waals surface area contributed by atoms with Gasteiger partial charge in [0.05, 0.1) is 9.79 Å². The van der Waals surface area contributed by atoms with Gasteiger partial charge in [-0.2, -0.15) is 0 Å². The van der Waals surface area contributed by atoms with Gasteiger partial charge in [-0.1, -0.05) is 41.1 Å². The molecule has 0 aliphatic carbocycles. The van der Waals surface area contributed by atoms with E-state index >= 15 is 0 Å². The molecular weight excluding hydrogens is 360 g/mol. The van der Waals surface area contributed by atoms with Gasteiger partial charge in [0.25, 0.3) is 0 Å². The zero-order valence-corrected chi connectivity index (χ0v) is 15.3. The molecule has 0 aromatic heterocycles. The minimum atomic E-state index is -3.48. The third-order valence-electron chi connectivity index (χ3n) is 3.51. The molecule has 0 atom stereocenters. The van der Waals surface area contributed by atoms with Crippen LogP contribution in [-0.4, -0.2) is 8.42 Å². The number of benzene rings is 3. The molecule has 0 aliphatic rings. The summed E-state index contributed by atoms with van der Waals surface area (Å²) in [5.74, 6) is 0. The van der Waals surface area contributed by atoms with E-state index in [1.54, 1.807) is 48.2 Å². The number of hydrogen-bond acceptors (Lipinski definition) is 3. The van der Waals surface area contributed by atoms with Crippen molar-refractivity contribution in [2.75, 3.05) is 0 Å². The second-order valence-corrected chi connectivity index (χ2v) is 8.88. The Bertz CT molecular complexity index is 930. The third kappa shape index (κ3) is 3.83. The van der Waals surface area contributed by atoms with E-state index in [9.17, 15) is 8.42 Å². The predicted octanol–water partition coefficient (Wildman–Crippen LogP) is 5.63. The number of aryl methyl sites for hydroxylation is 1. The van der Waals surface area contributed by atoms with E-state index in [0.29, 0.717) is 14.8 Å². The first-order valence-electron chi connectivity index (χ1n) is 7.30. The third-order valence-corrected chi connectivity index (χ3v) is 6.57. The summed E-state index contributed by atoms with van der Waals surface area (Å²) in [7, 11) is -3.48. The van der Waals surface area contributed by atoms with Gasteiger partial charge < -0.3 is 0 Å². The molecule has 0 saturated carbocycles. The molecule has 0 fully saturated rings. The summed E-state index contributed by atoms with van der Waals surface area (Å²) in [4.78, 5) is 2.63. The van der Waals surface area contributed by atoms with Crippen molar-refractivity contribution in [3.63, 3.8) is 0 Å². The molecule has 0 saturated heterocycles. The van der Waals surface area contributed by atoms with E-state index in [2.05, 4.69) is 0 Å². The second kappa shape index (κ2) is 7.01. The Morgan fingerprint density at radius 1 is 0.708 bits per heavy atom. The molecule has 0 N–H and O–H groups in total. The number of rotatable bonds is 4. The van der Waals surface area contributed by atoms with E-state index in [4.69, 9.17) is 11.6 Å². The van der Waals surface area contributed by atoms with Crippen LogP contribution in [-0.2, 0) is 9.84 Å². The van der Waals surface area contributed by atoms with Gasteiger partial charge in [-0.3, -0.25) is 0 Å². The highest BCUT2D eigenvalue weighted by Crippen LogP contribution is 2.30. The lowest BCUT2D eigenvalue weighted by Gasteiger charge is -2.07. The lowest BCUT2D eigenvalue weighted by molar-refractivity contribution is 0.596. The Morgan fingerprint density at radius 2 is 1.12 bits per heavy atom. The SMILES string of the molecule is Cc1ccc(S(=O)(=O)c2ccc(Sc3ccc(Cl)cc3)cc2)cc1. The first-order valence-corrected chi connectivity index (χ1v) is 9.98. The molecule has 0 unspecified atom stereocenters. The van der Waals surface area contributed by atoms with Crippen molar-refractivity contribution in [3.05, 3.63) is 83.4 Å². The van der Waals surface area contributed by atoms with Crippen molar-refractivity contribution in [2.24, 2.45) is 0 Å². The molecule has 0 spiro atoms. The van der Waals surface area contributed by atoms with Crippen LogP contribution in [0.4, 0.5) is 0 Å². The first-order chi connectivity index (χ1) is 11.4. The zero-order valence-electron chi connectivity index (χ0n) is 12.9. The number of halogens is 1. The summed E-state index contributed by atoms with van der Waals surface area (Å²) in [6, 6.07) is 21.4. The fourth-order valence-corrected chi connectivity index (χ4v) is 4.38. The summed E-state index contributed by atoms with van der Waals surface area (Å²) in [6.07, 6.45) is 0. The molecule has 0 heterocycles. The minimum absolute atomic E-state index is 0.298. The van der Waals surface area contributed by atoms with Crippen LogP contribution in [0.15, 0.2) is 92.4 Å². The molecule has 2 nitrogen and oxygen atoms in total. The monoisotopic (exact) mass is 374 g/mol.